The highest BCUT2D eigenvalue weighted by Crippen LogP contribution is 2.39. The van der Waals surface area contributed by atoms with Crippen molar-refractivity contribution in [3.05, 3.63) is 52.0 Å². The molecule has 1 heterocycles. The molecule has 0 N–H and O–H groups in total. The highest BCUT2D eigenvalue weighted by molar-refractivity contribution is 7.71. The van der Waals surface area contributed by atoms with Gasteiger partial charge in [-0.3, -0.25) is 0 Å². The first-order valence-electron chi connectivity index (χ1n) is 11.8. The molecule has 2 aromatic carbocycles. The first-order valence-corrected chi connectivity index (χ1v) is 12.2. The molecular weight excluding hydrogens is 391 g/mol. The summed E-state index contributed by atoms with van der Waals surface area (Å²) in [6.45, 7) is 4.40. The summed E-state index contributed by atoms with van der Waals surface area (Å²) in [6, 6.07) is 10.5. The van der Waals surface area contributed by atoms with Crippen LogP contribution < -0.4 is 0 Å². The maximum atomic E-state index is 15.1. The van der Waals surface area contributed by atoms with E-state index in [4.69, 9.17) is 16.6 Å². The van der Waals surface area contributed by atoms with Crippen LogP contribution in [0.2, 0.25) is 0 Å². The summed E-state index contributed by atoms with van der Waals surface area (Å²) in [4.78, 5) is 0. The van der Waals surface area contributed by atoms with Gasteiger partial charge in [0.1, 0.15) is 0 Å². The van der Waals surface area contributed by atoms with Gasteiger partial charge < -0.3 is 4.42 Å². The van der Waals surface area contributed by atoms with Gasteiger partial charge in [0.2, 0.25) is 0 Å². The third-order valence-electron chi connectivity index (χ3n) is 7.01. The van der Waals surface area contributed by atoms with Crippen LogP contribution in [0.4, 0.5) is 4.39 Å². The van der Waals surface area contributed by atoms with Gasteiger partial charge in [-0.05, 0) is 85.2 Å². The molecule has 3 heteroatoms. The van der Waals surface area contributed by atoms with Crippen molar-refractivity contribution >= 4 is 34.0 Å². The molecule has 0 aliphatic heterocycles. The summed E-state index contributed by atoms with van der Waals surface area (Å²) in [6.07, 6.45) is 12.0. The van der Waals surface area contributed by atoms with Crippen LogP contribution in [0, 0.1) is 16.4 Å². The Morgan fingerprint density at radius 1 is 0.933 bits per heavy atom. The normalized spacial score (nSPS) is 19.6. The first kappa shape index (κ1) is 21.5. The number of rotatable bonds is 7. The lowest BCUT2D eigenvalue weighted by molar-refractivity contribution is 0.304. The summed E-state index contributed by atoms with van der Waals surface area (Å²) < 4.78 is 21.3. The minimum absolute atomic E-state index is 0.247. The Morgan fingerprint density at radius 3 is 2.40 bits per heavy atom. The molecular formula is C27H33FOS. The van der Waals surface area contributed by atoms with Crippen molar-refractivity contribution in [3.63, 3.8) is 0 Å². The van der Waals surface area contributed by atoms with E-state index < -0.39 is 0 Å². The van der Waals surface area contributed by atoms with E-state index in [1.807, 2.05) is 12.1 Å². The van der Waals surface area contributed by atoms with Crippen molar-refractivity contribution < 1.29 is 8.81 Å². The highest BCUT2D eigenvalue weighted by Gasteiger charge is 2.23. The lowest BCUT2D eigenvalue weighted by atomic mass is 9.77. The first-order chi connectivity index (χ1) is 14.6. The van der Waals surface area contributed by atoms with Crippen LogP contribution >= 0.6 is 12.2 Å². The number of hydrogen-bond donors (Lipinski definition) is 0. The van der Waals surface area contributed by atoms with Crippen molar-refractivity contribution in [1.82, 2.24) is 0 Å². The van der Waals surface area contributed by atoms with Crippen molar-refractivity contribution in [3.8, 4) is 0 Å². The average molecular weight is 425 g/mol. The van der Waals surface area contributed by atoms with Crippen LogP contribution in [0.25, 0.3) is 21.7 Å². The van der Waals surface area contributed by atoms with E-state index in [9.17, 15) is 0 Å². The maximum absolute atomic E-state index is 15.1. The second-order valence-corrected chi connectivity index (χ2v) is 9.44. The van der Waals surface area contributed by atoms with E-state index in [1.165, 1.54) is 50.5 Å². The highest BCUT2D eigenvalue weighted by atomic mass is 32.1. The zero-order valence-corrected chi connectivity index (χ0v) is 19.1. The van der Waals surface area contributed by atoms with E-state index in [-0.39, 0.29) is 5.82 Å². The van der Waals surface area contributed by atoms with E-state index >= 15 is 4.39 Å². The Morgan fingerprint density at radius 2 is 1.67 bits per heavy atom. The number of hydrogen-bond acceptors (Lipinski definition) is 2. The number of unbranched alkanes of at least 4 members (excludes halogenated alkanes) is 2. The molecule has 0 bridgehead atoms. The van der Waals surface area contributed by atoms with E-state index in [2.05, 4.69) is 32.0 Å². The van der Waals surface area contributed by atoms with Crippen molar-refractivity contribution in [2.45, 2.75) is 84.0 Å². The molecule has 0 saturated heterocycles. The Balaban J connectivity index is 1.64. The van der Waals surface area contributed by atoms with Gasteiger partial charge in [-0.2, -0.15) is 0 Å². The van der Waals surface area contributed by atoms with Gasteiger partial charge in [0.15, 0.2) is 16.1 Å². The molecule has 1 aliphatic rings. The molecule has 0 atom stereocenters. The fourth-order valence-corrected chi connectivity index (χ4v) is 5.37. The predicted octanol–water partition coefficient (Wildman–Crippen LogP) is 9.26. The molecule has 3 aromatic rings. The molecule has 30 heavy (non-hydrogen) atoms. The monoisotopic (exact) mass is 424 g/mol. The molecule has 0 spiro atoms. The summed E-state index contributed by atoms with van der Waals surface area (Å²) in [5.74, 6) is 1.26. The van der Waals surface area contributed by atoms with Gasteiger partial charge in [0, 0.05) is 10.8 Å². The summed E-state index contributed by atoms with van der Waals surface area (Å²) in [5.41, 5.74) is 2.39. The van der Waals surface area contributed by atoms with Crippen molar-refractivity contribution in [2.24, 2.45) is 5.92 Å². The number of aryl methyl sites for hydroxylation is 1. The molecule has 1 saturated carbocycles. The smallest absolute Gasteiger partial charge is 0.198 e. The van der Waals surface area contributed by atoms with Gasteiger partial charge in [0.05, 0.1) is 0 Å². The van der Waals surface area contributed by atoms with Gasteiger partial charge in [0.25, 0.3) is 0 Å². The summed E-state index contributed by atoms with van der Waals surface area (Å²) in [5, 5.41) is 2.78. The third kappa shape index (κ3) is 4.32. The largest absolute Gasteiger partial charge is 0.441 e. The van der Waals surface area contributed by atoms with E-state index in [0.717, 1.165) is 46.9 Å². The number of fused-ring (bicyclic) bond motifs is 3. The molecule has 1 fully saturated rings. The van der Waals surface area contributed by atoms with Crippen molar-refractivity contribution in [2.75, 3.05) is 0 Å². The third-order valence-corrected chi connectivity index (χ3v) is 7.31. The van der Waals surface area contributed by atoms with E-state index in [1.54, 1.807) is 0 Å². The van der Waals surface area contributed by atoms with Crippen LogP contribution in [0.1, 0.15) is 88.7 Å². The number of benzene rings is 2. The molecule has 4 rings (SSSR count). The van der Waals surface area contributed by atoms with Gasteiger partial charge >= 0.3 is 0 Å². The SMILES string of the molecule is CCCCc1ccc2c(oc(=S)c3cc(C4CCC(CCCC)CC4)ccc32)c1F. The molecule has 1 aromatic heterocycles. The average Bonchev–Trinajstić information content (AvgIpc) is 2.78. The molecule has 160 valence electrons. The molecule has 1 aliphatic carbocycles. The Kier molecular flexibility index (Phi) is 6.87. The van der Waals surface area contributed by atoms with E-state index in [0.29, 0.717) is 16.2 Å². The Bertz CT molecular complexity index is 1080. The van der Waals surface area contributed by atoms with Gasteiger partial charge in [-0.25, -0.2) is 4.39 Å². The van der Waals surface area contributed by atoms with Gasteiger partial charge in [-0.1, -0.05) is 63.8 Å². The van der Waals surface area contributed by atoms with Crippen molar-refractivity contribution in [1.29, 1.82) is 0 Å². The van der Waals surface area contributed by atoms with Crippen LogP contribution in [0.15, 0.2) is 34.7 Å². The lowest BCUT2D eigenvalue weighted by Gasteiger charge is -2.29. The van der Waals surface area contributed by atoms with Crippen LogP contribution in [-0.4, -0.2) is 0 Å². The predicted molar refractivity (Wildman–Crippen MR) is 127 cm³/mol. The molecule has 0 radical (unpaired) electrons. The summed E-state index contributed by atoms with van der Waals surface area (Å²) in [7, 11) is 0. The molecule has 1 nitrogen and oxygen atoms in total. The van der Waals surface area contributed by atoms with Crippen LogP contribution in [0.5, 0.6) is 0 Å². The second-order valence-electron chi connectivity index (χ2n) is 9.07. The van der Waals surface area contributed by atoms with Crippen LogP contribution in [0.3, 0.4) is 0 Å². The minimum atomic E-state index is -0.247. The Labute approximate surface area is 184 Å². The zero-order valence-electron chi connectivity index (χ0n) is 18.3. The number of halogens is 1. The summed E-state index contributed by atoms with van der Waals surface area (Å²) >= 11 is 5.57. The molecule has 0 amide bonds. The fourth-order valence-electron chi connectivity index (χ4n) is 5.11. The maximum Gasteiger partial charge on any atom is 0.198 e. The lowest BCUT2D eigenvalue weighted by Crippen LogP contribution is -2.13. The zero-order chi connectivity index (χ0) is 21.1. The topological polar surface area (TPSA) is 13.1 Å². The Hall–Kier alpha value is -1.74. The van der Waals surface area contributed by atoms with Crippen LogP contribution in [-0.2, 0) is 6.42 Å². The van der Waals surface area contributed by atoms with Gasteiger partial charge in [-0.15, -0.1) is 0 Å². The quantitative estimate of drug-likeness (QED) is 0.277. The molecule has 0 unspecified atom stereocenters. The fraction of sp³-hybridized carbons (Fsp3) is 0.519. The standard InChI is InChI=1S/C27H33FOS/c1-3-5-7-18-9-11-19(12-10-18)21-14-15-22-23-16-13-20(8-6-4-2)25(28)26(23)29-27(30)24(22)17-21/h13-19H,3-12H2,1-2H3. The minimum Gasteiger partial charge on any atom is -0.441 e. The second kappa shape index (κ2) is 9.60.